The van der Waals surface area contributed by atoms with Gasteiger partial charge in [0.1, 0.15) is 5.60 Å². The molecule has 3 heterocycles. The number of benzene rings is 2. The number of rotatable bonds is 5. The Morgan fingerprint density at radius 1 is 1.09 bits per heavy atom. The Hall–Kier alpha value is -2.51. The number of piperidine rings is 1. The van der Waals surface area contributed by atoms with Crippen LogP contribution in [-0.2, 0) is 11.4 Å². The summed E-state index contributed by atoms with van der Waals surface area (Å²) in [5, 5.41) is 11.7. The Labute approximate surface area is 207 Å². The highest BCUT2D eigenvalue weighted by atomic mass is 35.5. The summed E-state index contributed by atoms with van der Waals surface area (Å²) in [5.74, 6) is -0.927. The van der Waals surface area contributed by atoms with E-state index >= 15 is 0 Å². The summed E-state index contributed by atoms with van der Waals surface area (Å²) in [6.45, 7) is 2.63. The van der Waals surface area contributed by atoms with Crippen LogP contribution >= 0.6 is 23.2 Å². The topological polar surface area (TPSA) is 66.7 Å². The lowest BCUT2D eigenvalue weighted by molar-refractivity contribution is -0.0703. The standard InChI is InChI=1S/C26H25Cl2N3O3/c27-20-7-8-21(28)24-23(20)18(15-31(24)19-5-6-19)14-30-11-9-26(10-12-30)13-22(29-34-26)16-1-3-17(4-2-16)25(32)33/h1-4,7-8,13,15,19,29H,5-6,9-12,14H2,(H,32,33). The van der Waals surface area contributed by atoms with E-state index in [2.05, 4.69) is 27.2 Å². The summed E-state index contributed by atoms with van der Waals surface area (Å²) < 4.78 is 2.32. The molecule has 2 N–H and O–H groups in total. The summed E-state index contributed by atoms with van der Waals surface area (Å²) in [7, 11) is 0. The minimum Gasteiger partial charge on any atom is -0.478 e. The summed E-state index contributed by atoms with van der Waals surface area (Å²) in [4.78, 5) is 19.6. The number of hydrogen-bond acceptors (Lipinski definition) is 4. The molecule has 0 unspecified atom stereocenters. The van der Waals surface area contributed by atoms with Gasteiger partial charge in [0.2, 0.25) is 0 Å². The third kappa shape index (κ3) is 3.89. The third-order valence-electron chi connectivity index (χ3n) is 7.20. The van der Waals surface area contributed by atoms with Gasteiger partial charge in [0.15, 0.2) is 0 Å². The average Bonchev–Trinajstić information content (AvgIpc) is 3.49. The molecule has 1 saturated carbocycles. The largest absolute Gasteiger partial charge is 0.478 e. The number of carboxylic acid groups (broad SMARTS) is 1. The fourth-order valence-electron chi connectivity index (χ4n) is 5.15. The van der Waals surface area contributed by atoms with E-state index in [9.17, 15) is 4.79 Å². The average molecular weight is 498 g/mol. The Bertz CT molecular complexity index is 1300. The molecule has 3 aromatic rings. The molecular weight excluding hydrogens is 473 g/mol. The first-order valence-electron chi connectivity index (χ1n) is 11.6. The van der Waals surface area contributed by atoms with E-state index in [4.69, 9.17) is 33.1 Å². The molecule has 1 saturated heterocycles. The summed E-state index contributed by atoms with van der Waals surface area (Å²) in [6.07, 6.45) is 8.51. The van der Waals surface area contributed by atoms with Crippen LogP contribution in [0.4, 0.5) is 0 Å². The predicted molar refractivity (Wildman–Crippen MR) is 133 cm³/mol. The Morgan fingerprint density at radius 2 is 1.79 bits per heavy atom. The van der Waals surface area contributed by atoms with Crippen LogP contribution in [0.2, 0.25) is 10.0 Å². The number of aromatic nitrogens is 1. The molecule has 0 atom stereocenters. The van der Waals surface area contributed by atoms with Crippen molar-refractivity contribution in [1.82, 2.24) is 14.9 Å². The lowest BCUT2D eigenvalue weighted by Crippen LogP contribution is -2.44. The van der Waals surface area contributed by atoms with E-state index in [0.717, 1.165) is 64.7 Å². The Morgan fingerprint density at radius 3 is 2.47 bits per heavy atom. The highest BCUT2D eigenvalue weighted by Gasteiger charge is 2.39. The van der Waals surface area contributed by atoms with Crippen LogP contribution in [0, 0.1) is 0 Å². The molecule has 6 rings (SSSR count). The van der Waals surface area contributed by atoms with E-state index in [-0.39, 0.29) is 11.2 Å². The molecule has 1 aromatic heterocycles. The molecule has 2 fully saturated rings. The molecule has 2 aromatic carbocycles. The number of hydrogen-bond donors (Lipinski definition) is 2. The van der Waals surface area contributed by atoms with E-state index in [1.165, 1.54) is 18.4 Å². The highest BCUT2D eigenvalue weighted by molar-refractivity contribution is 6.40. The van der Waals surface area contributed by atoms with Gasteiger partial charge in [0, 0.05) is 37.3 Å². The van der Waals surface area contributed by atoms with Crippen LogP contribution in [0.15, 0.2) is 48.7 Å². The van der Waals surface area contributed by atoms with Gasteiger partial charge in [-0.1, -0.05) is 35.3 Å². The van der Waals surface area contributed by atoms with E-state index in [0.29, 0.717) is 6.04 Å². The molecule has 0 radical (unpaired) electrons. The number of carboxylic acids is 1. The maximum atomic E-state index is 11.1. The van der Waals surface area contributed by atoms with Crippen LogP contribution in [0.25, 0.3) is 16.6 Å². The van der Waals surface area contributed by atoms with Crippen LogP contribution in [0.3, 0.4) is 0 Å². The number of aromatic carboxylic acids is 1. The number of fused-ring (bicyclic) bond motifs is 1. The molecule has 0 bridgehead atoms. The van der Waals surface area contributed by atoms with Crippen LogP contribution in [0.1, 0.15) is 53.2 Å². The zero-order valence-electron chi connectivity index (χ0n) is 18.6. The quantitative estimate of drug-likeness (QED) is 0.459. The second kappa shape index (κ2) is 8.31. The van der Waals surface area contributed by atoms with Crippen molar-refractivity contribution >= 4 is 45.8 Å². The van der Waals surface area contributed by atoms with Crippen molar-refractivity contribution in [2.75, 3.05) is 13.1 Å². The summed E-state index contributed by atoms with van der Waals surface area (Å²) in [6, 6.07) is 11.2. The first kappa shape index (κ1) is 22.0. The monoisotopic (exact) mass is 497 g/mol. The van der Waals surface area contributed by atoms with Crippen LogP contribution in [0.5, 0.6) is 0 Å². The molecule has 0 amide bonds. The molecule has 34 heavy (non-hydrogen) atoms. The smallest absolute Gasteiger partial charge is 0.335 e. The van der Waals surface area contributed by atoms with Crippen molar-refractivity contribution in [2.24, 2.45) is 0 Å². The third-order valence-corrected chi connectivity index (χ3v) is 7.82. The SMILES string of the molecule is O=C(O)c1ccc(C2=CC3(CCN(Cc4cn(C5CC5)c5c(Cl)ccc(Cl)c45)CC3)ON2)cc1. The number of nitrogens with one attached hydrogen (secondary N) is 1. The lowest BCUT2D eigenvalue weighted by Gasteiger charge is -2.36. The minimum atomic E-state index is -0.927. The van der Waals surface area contributed by atoms with Gasteiger partial charge in [-0.3, -0.25) is 15.2 Å². The molecule has 1 spiro atoms. The van der Waals surface area contributed by atoms with Gasteiger partial charge < -0.3 is 9.67 Å². The van der Waals surface area contributed by atoms with Crippen molar-refractivity contribution in [3.05, 3.63) is 75.4 Å². The fraction of sp³-hybridized carbons (Fsp3) is 0.346. The van der Waals surface area contributed by atoms with Gasteiger partial charge in [-0.25, -0.2) is 4.79 Å². The first-order valence-corrected chi connectivity index (χ1v) is 12.4. The second-order valence-electron chi connectivity index (χ2n) is 9.53. The second-order valence-corrected chi connectivity index (χ2v) is 10.3. The van der Waals surface area contributed by atoms with Gasteiger partial charge in [-0.05, 0) is 67.2 Å². The van der Waals surface area contributed by atoms with Gasteiger partial charge in [0.05, 0.1) is 26.8 Å². The minimum absolute atomic E-state index is 0.274. The molecule has 1 aliphatic carbocycles. The molecule has 6 nitrogen and oxygen atoms in total. The van der Waals surface area contributed by atoms with Crippen LogP contribution in [-0.4, -0.2) is 39.2 Å². The zero-order chi connectivity index (χ0) is 23.4. The number of nitrogens with zero attached hydrogens (tertiary/aromatic N) is 2. The lowest BCUT2D eigenvalue weighted by atomic mass is 9.90. The maximum Gasteiger partial charge on any atom is 0.335 e. The van der Waals surface area contributed by atoms with Crippen molar-refractivity contribution in [1.29, 1.82) is 0 Å². The zero-order valence-corrected chi connectivity index (χ0v) is 20.1. The fourth-order valence-corrected chi connectivity index (χ4v) is 5.68. The van der Waals surface area contributed by atoms with Crippen molar-refractivity contribution in [2.45, 2.75) is 43.9 Å². The summed E-state index contributed by atoms with van der Waals surface area (Å²) in [5.41, 5.74) is 7.09. The molecule has 3 aliphatic rings. The number of carbonyl (C=O) groups is 1. The van der Waals surface area contributed by atoms with E-state index in [1.807, 2.05) is 24.3 Å². The summed E-state index contributed by atoms with van der Waals surface area (Å²) >= 11 is 13.2. The van der Waals surface area contributed by atoms with Crippen LogP contribution < -0.4 is 5.48 Å². The molecule has 2 aliphatic heterocycles. The molecule has 8 heteroatoms. The molecule has 176 valence electrons. The predicted octanol–water partition coefficient (Wildman–Crippen LogP) is 5.89. The van der Waals surface area contributed by atoms with Crippen molar-refractivity contribution in [3.8, 4) is 0 Å². The molecular formula is C26H25Cl2N3O3. The van der Waals surface area contributed by atoms with Crippen molar-refractivity contribution < 1.29 is 14.7 Å². The maximum absolute atomic E-state index is 11.1. The van der Waals surface area contributed by atoms with Gasteiger partial charge >= 0.3 is 5.97 Å². The van der Waals surface area contributed by atoms with E-state index < -0.39 is 5.97 Å². The number of hydroxylamine groups is 1. The number of halogens is 2. The first-order chi connectivity index (χ1) is 16.4. The van der Waals surface area contributed by atoms with Gasteiger partial charge in [-0.15, -0.1) is 0 Å². The van der Waals surface area contributed by atoms with Gasteiger partial charge in [0.25, 0.3) is 0 Å². The highest BCUT2D eigenvalue weighted by Crippen LogP contribution is 2.43. The van der Waals surface area contributed by atoms with E-state index in [1.54, 1.807) is 12.1 Å². The number of likely N-dealkylation sites (tertiary alicyclic amines) is 1. The Balaban J connectivity index is 1.18. The van der Waals surface area contributed by atoms with Gasteiger partial charge in [-0.2, -0.15) is 0 Å². The normalized spacial score (nSPS) is 20.0. The Kier molecular flexibility index (Phi) is 5.37. The van der Waals surface area contributed by atoms with Crippen molar-refractivity contribution in [3.63, 3.8) is 0 Å².